The van der Waals surface area contributed by atoms with Crippen LogP contribution in [-0.4, -0.2) is 48.3 Å². The molecule has 0 unspecified atom stereocenters. The molecule has 2 aromatic carbocycles. The molecule has 37 heavy (non-hydrogen) atoms. The van der Waals surface area contributed by atoms with Crippen LogP contribution in [0.2, 0.25) is 0 Å². The molecule has 3 aromatic rings. The highest BCUT2D eigenvalue weighted by atomic mass is 19.2. The zero-order chi connectivity index (χ0) is 26.6. The number of aliphatic hydroxyl groups excluding tert-OH is 1. The molecule has 0 saturated carbocycles. The number of hydrogen-bond acceptors (Lipinski definition) is 4. The number of nitrogens with zero attached hydrogens (tertiary/aromatic N) is 2. The van der Waals surface area contributed by atoms with Crippen molar-refractivity contribution in [2.45, 2.75) is 38.8 Å². The van der Waals surface area contributed by atoms with Crippen molar-refractivity contribution in [1.82, 2.24) is 9.88 Å². The summed E-state index contributed by atoms with van der Waals surface area (Å²) in [6.07, 6.45) is 2.65. The fourth-order valence-electron chi connectivity index (χ4n) is 4.97. The van der Waals surface area contributed by atoms with E-state index < -0.39 is 23.6 Å². The van der Waals surface area contributed by atoms with E-state index in [1.165, 1.54) is 0 Å². The first-order valence-corrected chi connectivity index (χ1v) is 12.3. The van der Waals surface area contributed by atoms with E-state index in [0.29, 0.717) is 55.7 Å². The molecule has 1 atom stereocenters. The number of aromatic nitrogens is 1. The summed E-state index contributed by atoms with van der Waals surface area (Å²) in [6, 6.07) is 7.18. The number of benzene rings is 2. The molecule has 1 fully saturated rings. The number of likely N-dealkylation sites (tertiary alicyclic amines) is 1. The van der Waals surface area contributed by atoms with Gasteiger partial charge in [-0.1, -0.05) is 11.8 Å². The van der Waals surface area contributed by atoms with E-state index in [1.54, 1.807) is 19.4 Å². The zero-order valence-corrected chi connectivity index (χ0v) is 21.0. The van der Waals surface area contributed by atoms with Crippen LogP contribution in [0.4, 0.5) is 17.6 Å². The highest BCUT2D eigenvalue weighted by Crippen LogP contribution is 2.40. The third kappa shape index (κ3) is 6.06. The average molecular weight is 515 g/mol. The van der Waals surface area contributed by atoms with Crippen LogP contribution >= 0.6 is 0 Å². The standard InChI is InChI=1S/C29H30F4N2O2/c1-19-17-34-26-6-5-21(37-2)16-22(26)27(19)23(30)7-8-29(18-36)9-12-35(13-10-29)11-3-4-20-14-24(31)28(33)25(32)15-20/h5-6,14-17,23,36H,7-13,18H2,1-2H3/t23-/m1/s1. The smallest absolute Gasteiger partial charge is 0.194 e. The van der Waals surface area contributed by atoms with Crippen LogP contribution in [0.1, 0.15) is 48.5 Å². The van der Waals surface area contributed by atoms with E-state index in [9.17, 15) is 18.3 Å². The van der Waals surface area contributed by atoms with Gasteiger partial charge in [-0.05, 0) is 92.6 Å². The zero-order valence-electron chi connectivity index (χ0n) is 21.0. The van der Waals surface area contributed by atoms with Crippen LogP contribution in [0.5, 0.6) is 5.75 Å². The summed E-state index contributed by atoms with van der Waals surface area (Å²) < 4.78 is 60.8. The lowest BCUT2D eigenvalue weighted by atomic mass is 9.74. The lowest BCUT2D eigenvalue weighted by molar-refractivity contribution is 0.0344. The first-order valence-electron chi connectivity index (χ1n) is 12.3. The van der Waals surface area contributed by atoms with Gasteiger partial charge in [0.2, 0.25) is 0 Å². The maximum absolute atomic E-state index is 15.7. The second-order valence-corrected chi connectivity index (χ2v) is 9.73. The van der Waals surface area contributed by atoms with Crippen molar-refractivity contribution in [1.29, 1.82) is 0 Å². The number of hydrogen-bond donors (Lipinski definition) is 1. The Kier molecular flexibility index (Phi) is 8.35. The Morgan fingerprint density at radius 1 is 1.14 bits per heavy atom. The predicted molar refractivity (Wildman–Crippen MR) is 135 cm³/mol. The molecule has 1 saturated heterocycles. The molecular formula is C29H30F4N2O2. The molecule has 1 aliphatic heterocycles. The Hall–Kier alpha value is -3.15. The van der Waals surface area contributed by atoms with Crippen molar-refractivity contribution in [2.75, 3.05) is 33.4 Å². The maximum atomic E-state index is 15.7. The van der Waals surface area contributed by atoms with Gasteiger partial charge in [0.05, 0.1) is 19.2 Å². The Labute approximate surface area is 214 Å². The van der Waals surface area contributed by atoms with Gasteiger partial charge in [0.15, 0.2) is 17.5 Å². The Bertz CT molecular complexity index is 1300. The third-order valence-corrected chi connectivity index (χ3v) is 7.33. The summed E-state index contributed by atoms with van der Waals surface area (Å²) in [5.41, 5.74) is 1.79. The molecule has 8 heteroatoms. The van der Waals surface area contributed by atoms with Gasteiger partial charge in [0, 0.05) is 23.8 Å². The van der Waals surface area contributed by atoms with Crippen LogP contribution < -0.4 is 4.74 Å². The van der Waals surface area contributed by atoms with E-state index in [-0.39, 0.29) is 24.0 Å². The van der Waals surface area contributed by atoms with Gasteiger partial charge in [-0.3, -0.25) is 9.88 Å². The van der Waals surface area contributed by atoms with Crippen LogP contribution in [0.15, 0.2) is 36.5 Å². The minimum absolute atomic E-state index is 0.0305. The van der Waals surface area contributed by atoms with Gasteiger partial charge in [0.25, 0.3) is 0 Å². The summed E-state index contributed by atoms with van der Waals surface area (Å²) in [7, 11) is 1.57. The lowest BCUT2D eigenvalue weighted by Gasteiger charge is -2.40. The first-order chi connectivity index (χ1) is 17.7. The molecule has 196 valence electrons. The number of halogens is 4. The molecule has 0 spiro atoms. The van der Waals surface area contributed by atoms with Crippen molar-refractivity contribution in [3.8, 4) is 17.6 Å². The monoisotopic (exact) mass is 514 g/mol. The van der Waals surface area contributed by atoms with Crippen molar-refractivity contribution in [3.63, 3.8) is 0 Å². The van der Waals surface area contributed by atoms with E-state index >= 15 is 4.39 Å². The number of fused-ring (bicyclic) bond motifs is 1. The van der Waals surface area contributed by atoms with Gasteiger partial charge in [0.1, 0.15) is 11.9 Å². The summed E-state index contributed by atoms with van der Waals surface area (Å²) >= 11 is 0. The molecule has 4 nitrogen and oxygen atoms in total. The van der Waals surface area contributed by atoms with Crippen LogP contribution in [0.3, 0.4) is 0 Å². The summed E-state index contributed by atoms with van der Waals surface area (Å²) in [4.78, 5) is 6.49. The van der Waals surface area contributed by atoms with Crippen molar-refractivity contribution in [3.05, 3.63) is 70.7 Å². The minimum atomic E-state index is -1.51. The number of alkyl halides is 1. The predicted octanol–water partition coefficient (Wildman–Crippen LogP) is 5.89. The molecule has 0 radical (unpaired) electrons. The summed E-state index contributed by atoms with van der Waals surface area (Å²) in [5.74, 6) is 2.14. The third-order valence-electron chi connectivity index (χ3n) is 7.33. The van der Waals surface area contributed by atoms with Gasteiger partial charge in [-0.2, -0.15) is 0 Å². The summed E-state index contributed by atoms with van der Waals surface area (Å²) in [5, 5.41) is 10.9. The fraction of sp³-hybridized carbons (Fsp3) is 0.414. The van der Waals surface area contributed by atoms with Crippen LogP contribution in [-0.2, 0) is 0 Å². The van der Waals surface area contributed by atoms with Crippen molar-refractivity contribution < 1.29 is 27.4 Å². The maximum Gasteiger partial charge on any atom is 0.194 e. The second-order valence-electron chi connectivity index (χ2n) is 9.73. The SMILES string of the molecule is COc1ccc2ncc(C)c([C@H](F)CCC3(CO)CCN(CC#Cc4cc(F)c(F)c(F)c4)CC3)c2c1. The Balaban J connectivity index is 1.37. The van der Waals surface area contributed by atoms with Gasteiger partial charge in [-0.15, -0.1) is 0 Å². The number of rotatable bonds is 7. The number of aryl methyl sites for hydroxylation is 1. The molecule has 1 N–H and O–H groups in total. The molecule has 0 aliphatic carbocycles. The van der Waals surface area contributed by atoms with Crippen LogP contribution in [0.25, 0.3) is 10.9 Å². The highest BCUT2D eigenvalue weighted by molar-refractivity contribution is 5.84. The molecule has 4 rings (SSSR count). The second kappa shape index (κ2) is 11.5. The van der Waals surface area contributed by atoms with E-state index in [2.05, 4.69) is 21.7 Å². The normalized spacial score (nSPS) is 16.3. The summed E-state index contributed by atoms with van der Waals surface area (Å²) in [6.45, 7) is 3.51. The molecular weight excluding hydrogens is 484 g/mol. The topological polar surface area (TPSA) is 45.6 Å². The quantitative estimate of drug-likeness (QED) is 0.243. The fourth-order valence-corrected chi connectivity index (χ4v) is 4.97. The Morgan fingerprint density at radius 2 is 1.84 bits per heavy atom. The van der Waals surface area contributed by atoms with Gasteiger partial charge < -0.3 is 9.84 Å². The molecule has 1 aliphatic rings. The van der Waals surface area contributed by atoms with Crippen molar-refractivity contribution >= 4 is 10.9 Å². The minimum Gasteiger partial charge on any atom is -0.497 e. The molecule has 0 bridgehead atoms. The largest absolute Gasteiger partial charge is 0.497 e. The molecule has 1 aromatic heterocycles. The molecule has 0 amide bonds. The average Bonchev–Trinajstić information content (AvgIpc) is 2.90. The van der Waals surface area contributed by atoms with E-state index in [0.717, 1.165) is 23.1 Å². The van der Waals surface area contributed by atoms with Crippen LogP contribution in [0, 0.1) is 41.6 Å². The lowest BCUT2D eigenvalue weighted by Crippen LogP contribution is -2.42. The van der Waals surface area contributed by atoms with Gasteiger partial charge >= 0.3 is 0 Å². The number of ether oxygens (including phenoxy) is 1. The van der Waals surface area contributed by atoms with Crippen molar-refractivity contribution in [2.24, 2.45) is 5.41 Å². The van der Waals surface area contributed by atoms with E-state index in [1.807, 2.05) is 19.1 Å². The number of pyridine rings is 1. The Morgan fingerprint density at radius 3 is 2.49 bits per heavy atom. The van der Waals surface area contributed by atoms with E-state index in [4.69, 9.17) is 4.74 Å². The van der Waals surface area contributed by atoms with Gasteiger partial charge in [-0.25, -0.2) is 17.6 Å². The number of piperidine rings is 1. The first kappa shape index (κ1) is 26.9. The number of aliphatic hydroxyl groups is 1. The highest BCUT2D eigenvalue weighted by Gasteiger charge is 2.34. The molecule has 2 heterocycles. The number of methoxy groups -OCH3 is 1.